The number of piperidine rings is 1. The molecule has 0 spiro atoms. The second-order valence-electron chi connectivity index (χ2n) is 8.00. The maximum atomic E-state index is 12.9. The molecule has 3 heterocycles. The van der Waals surface area contributed by atoms with Crippen LogP contribution in [0.5, 0.6) is 0 Å². The van der Waals surface area contributed by atoms with Gasteiger partial charge in [-0.25, -0.2) is 4.68 Å². The molecule has 1 saturated heterocycles. The van der Waals surface area contributed by atoms with Crippen LogP contribution in [0.2, 0.25) is 0 Å². The summed E-state index contributed by atoms with van der Waals surface area (Å²) in [5, 5.41) is 20.7. The summed E-state index contributed by atoms with van der Waals surface area (Å²) in [6, 6.07) is 4.84. The van der Waals surface area contributed by atoms with Crippen molar-refractivity contribution in [3.05, 3.63) is 41.2 Å². The maximum Gasteiger partial charge on any atom is 0.255 e. The van der Waals surface area contributed by atoms with E-state index in [1.165, 1.54) is 4.90 Å². The third kappa shape index (κ3) is 3.31. The molecule has 5 rings (SSSR count). The average molecular weight is 395 g/mol. The fourth-order valence-electron chi connectivity index (χ4n) is 4.07. The normalized spacial score (nSPS) is 22.6. The smallest absolute Gasteiger partial charge is 0.255 e. The fraction of sp³-hybridized carbons (Fsp3) is 0.450. The lowest BCUT2D eigenvalue weighted by molar-refractivity contribution is -0.136. The molecule has 2 atom stereocenters. The third-order valence-electron chi connectivity index (χ3n) is 5.90. The molecule has 1 aliphatic carbocycles. The molecule has 2 N–H and O–H groups in total. The fourth-order valence-corrected chi connectivity index (χ4v) is 4.07. The van der Waals surface area contributed by atoms with Crippen LogP contribution in [0, 0.1) is 5.92 Å². The molecular weight excluding hydrogens is 374 g/mol. The lowest BCUT2D eigenvalue weighted by Gasteiger charge is -2.29. The van der Waals surface area contributed by atoms with Gasteiger partial charge in [0.05, 0.1) is 23.7 Å². The summed E-state index contributed by atoms with van der Waals surface area (Å²) in [7, 11) is 0. The molecule has 9 nitrogen and oxygen atoms in total. The molecule has 150 valence electrons. The highest BCUT2D eigenvalue weighted by Gasteiger charge is 2.39. The Labute approximate surface area is 166 Å². The van der Waals surface area contributed by atoms with Crippen molar-refractivity contribution in [1.29, 1.82) is 0 Å². The summed E-state index contributed by atoms with van der Waals surface area (Å²) in [4.78, 5) is 38.0. The van der Waals surface area contributed by atoms with Crippen LogP contribution in [-0.4, -0.2) is 54.9 Å². The van der Waals surface area contributed by atoms with Crippen LogP contribution in [0.15, 0.2) is 24.4 Å². The van der Waals surface area contributed by atoms with Gasteiger partial charge in [0.15, 0.2) is 0 Å². The molecule has 3 aliphatic rings. The number of rotatable bonds is 5. The highest BCUT2D eigenvalue weighted by molar-refractivity contribution is 6.05. The number of hydrogen-bond donors (Lipinski definition) is 2. The van der Waals surface area contributed by atoms with Crippen molar-refractivity contribution in [3.8, 4) is 5.69 Å². The van der Waals surface area contributed by atoms with Gasteiger partial charge in [0, 0.05) is 24.9 Å². The molecule has 2 fully saturated rings. The van der Waals surface area contributed by atoms with Crippen LogP contribution in [0.4, 0.5) is 0 Å². The Kier molecular flexibility index (Phi) is 4.20. The Balaban J connectivity index is 1.34. The van der Waals surface area contributed by atoms with Gasteiger partial charge in [0.1, 0.15) is 6.04 Å². The predicted octanol–water partition coefficient (Wildman–Crippen LogP) is 0.342. The van der Waals surface area contributed by atoms with Crippen LogP contribution in [0.1, 0.15) is 47.3 Å². The van der Waals surface area contributed by atoms with Crippen molar-refractivity contribution < 1.29 is 19.5 Å². The number of nitrogens with zero attached hydrogens (tertiary/aromatic N) is 4. The van der Waals surface area contributed by atoms with Crippen molar-refractivity contribution in [2.75, 3.05) is 0 Å². The zero-order chi connectivity index (χ0) is 20.1. The quantitative estimate of drug-likeness (QED) is 0.705. The van der Waals surface area contributed by atoms with E-state index in [2.05, 4.69) is 15.6 Å². The van der Waals surface area contributed by atoms with Crippen molar-refractivity contribution in [2.24, 2.45) is 5.92 Å². The molecule has 1 saturated carbocycles. The molecule has 1 aromatic carbocycles. The largest absolute Gasteiger partial charge is 0.392 e. The van der Waals surface area contributed by atoms with E-state index in [9.17, 15) is 19.5 Å². The number of aliphatic hydroxyl groups excluding tert-OH is 1. The van der Waals surface area contributed by atoms with E-state index in [0.717, 1.165) is 18.4 Å². The first-order chi connectivity index (χ1) is 14.0. The lowest BCUT2D eigenvalue weighted by Crippen LogP contribution is -2.52. The van der Waals surface area contributed by atoms with Gasteiger partial charge in [0.25, 0.3) is 5.91 Å². The van der Waals surface area contributed by atoms with Crippen LogP contribution < -0.4 is 5.32 Å². The number of nitrogens with one attached hydrogen (secondary N) is 1. The molecule has 2 aliphatic heterocycles. The van der Waals surface area contributed by atoms with E-state index < -0.39 is 11.9 Å². The second kappa shape index (κ2) is 6.77. The van der Waals surface area contributed by atoms with E-state index >= 15 is 0 Å². The van der Waals surface area contributed by atoms with Crippen LogP contribution in [0.25, 0.3) is 5.69 Å². The van der Waals surface area contributed by atoms with Crippen molar-refractivity contribution in [1.82, 2.24) is 25.2 Å². The number of carbonyl (C=O) groups excluding carboxylic acids is 3. The number of carbonyl (C=O) groups is 3. The number of aromatic nitrogens is 3. The highest BCUT2D eigenvalue weighted by atomic mass is 16.3. The first-order valence-electron chi connectivity index (χ1n) is 9.87. The number of fused-ring (bicyclic) bond motifs is 1. The van der Waals surface area contributed by atoms with Gasteiger partial charge in [0.2, 0.25) is 11.8 Å². The second-order valence-corrected chi connectivity index (χ2v) is 8.00. The summed E-state index contributed by atoms with van der Waals surface area (Å²) in [5.41, 5.74) is 2.78. The summed E-state index contributed by atoms with van der Waals surface area (Å²) in [6.45, 7) is 0.344. The van der Waals surface area contributed by atoms with E-state index in [0.29, 0.717) is 42.2 Å². The van der Waals surface area contributed by atoms with Crippen LogP contribution in [-0.2, 0) is 22.6 Å². The molecule has 3 amide bonds. The van der Waals surface area contributed by atoms with Crippen LogP contribution >= 0.6 is 0 Å². The maximum absolute atomic E-state index is 12.9. The van der Waals surface area contributed by atoms with Gasteiger partial charge in [-0.15, -0.1) is 5.10 Å². The zero-order valence-corrected chi connectivity index (χ0v) is 15.7. The Morgan fingerprint density at radius 3 is 2.79 bits per heavy atom. The molecule has 0 bridgehead atoms. The van der Waals surface area contributed by atoms with Crippen molar-refractivity contribution >= 4 is 17.7 Å². The third-order valence-corrected chi connectivity index (χ3v) is 5.90. The minimum Gasteiger partial charge on any atom is -0.392 e. The van der Waals surface area contributed by atoms with E-state index in [1.54, 1.807) is 16.9 Å². The average Bonchev–Trinajstić information content (AvgIpc) is 3.38. The van der Waals surface area contributed by atoms with E-state index in [4.69, 9.17) is 0 Å². The first kappa shape index (κ1) is 18.0. The summed E-state index contributed by atoms with van der Waals surface area (Å²) >= 11 is 0. The first-order valence-corrected chi connectivity index (χ1v) is 9.87. The number of imide groups is 1. The van der Waals surface area contributed by atoms with Gasteiger partial charge in [-0.2, -0.15) is 0 Å². The summed E-state index contributed by atoms with van der Waals surface area (Å²) in [6.07, 6.45) is 4.55. The summed E-state index contributed by atoms with van der Waals surface area (Å²) < 4.78 is 1.59. The van der Waals surface area contributed by atoms with Gasteiger partial charge in [-0.05, 0) is 42.9 Å². The van der Waals surface area contributed by atoms with E-state index in [-0.39, 0.29) is 24.3 Å². The Morgan fingerprint density at radius 2 is 2.03 bits per heavy atom. The SMILES string of the molecule is O=C1CCC(N2Cc3ccc(-n4cc(CC(O)C5CC5)nn4)cc3C2=O)C(=O)N1. The van der Waals surface area contributed by atoms with Gasteiger partial charge < -0.3 is 10.0 Å². The molecule has 2 aromatic rings. The van der Waals surface area contributed by atoms with Crippen molar-refractivity contribution in [2.45, 2.75) is 50.8 Å². The minimum absolute atomic E-state index is 0.221. The highest BCUT2D eigenvalue weighted by Crippen LogP contribution is 2.34. The minimum atomic E-state index is -0.627. The van der Waals surface area contributed by atoms with Gasteiger partial charge >= 0.3 is 0 Å². The Hall–Kier alpha value is -3.07. The predicted molar refractivity (Wildman–Crippen MR) is 99.8 cm³/mol. The molecule has 29 heavy (non-hydrogen) atoms. The molecule has 1 aromatic heterocycles. The monoisotopic (exact) mass is 395 g/mol. The van der Waals surface area contributed by atoms with Crippen molar-refractivity contribution in [3.63, 3.8) is 0 Å². The number of amides is 3. The Bertz CT molecular complexity index is 1010. The number of aliphatic hydroxyl groups is 1. The van der Waals surface area contributed by atoms with E-state index in [1.807, 2.05) is 12.1 Å². The molecule has 9 heteroatoms. The van der Waals surface area contributed by atoms with Gasteiger partial charge in [-0.3, -0.25) is 19.7 Å². The topological polar surface area (TPSA) is 117 Å². The molecular formula is C20H21N5O4. The Morgan fingerprint density at radius 1 is 1.21 bits per heavy atom. The zero-order valence-electron chi connectivity index (χ0n) is 15.7. The van der Waals surface area contributed by atoms with Crippen LogP contribution in [0.3, 0.4) is 0 Å². The lowest BCUT2D eigenvalue weighted by atomic mass is 10.0. The molecule has 2 unspecified atom stereocenters. The standard InChI is InChI=1S/C20H21N5O4/c26-17(11-1-2-11)7-13-10-25(23-22-13)14-4-3-12-9-24(20(29)15(12)8-14)16-5-6-18(27)21-19(16)28/h3-4,8,10-11,16-17,26H,1-2,5-7,9H2,(H,21,27,28). The summed E-state index contributed by atoms with van der Waals surface area (Å²) in [5.74, 6) is -0.568. The molecule has 0 radical (unpaired) electrons. The van der Waals surface area contributed by atoms with Gasteiger partial charge in [-0.1, -0.05) is 11.3 Å². The number of benzene rings is 1. The number of hydrogen-bond acceptors (Lipinski definition) is 6.